The van der Waals surface area contributed by atoms with Crippen LogP contribution in [-0.2, 0) is 4.74 Å². The third-order valence-corrected chi connectivity index (χ3v) is 3.87. The van der Waals surface area contributed by atoms with E-state index in [0.29, 0.717) is 19.1 Å². The van der Waals surface area contributed by atoms with Crippen LogP contribution in [0.25, 0.3) is 0 Å². The number of rotatable bonds is 4. The fourth-order valence-electron chi connectivity index (χ4n) is 2.63. The van der Waals surface area contributed by atoms with Gasteiger partial charge < -0.3 is 19.9 Å². The predicted molar refractivity (Wildman–Crippen MR) is 72.5 cm³/mol. The lowest BCUT2D eigenvalue weighted by Crippen LogP contribution is -2.29. The van der Waals surface area contributed by atoms with E-state index >= 15 is 0 Å². The van der Waals surface area contributed by atoms with Gasteiger partial charge in [-0.1, -0.05) is 6.07 Å². The van der Waals surface area contributed by atoms with Crippen molar-refractivity contribution in [3.8, 4) is 11.5 Å². The van der Waals surface area contributed by atoms with Gasteiger partial charge in [0.25, 0.3) is 0 Å². The summed E-state index contributed by atoms with van der Waals surface area (Å²) in [6.45, 7) is 1.41. The lowest BCUT2D eigenvalue weighted by molar-refractivity contribution is 0.0623. The maximum Gasteiger partial charge on any atom is 0.161 e. The van der Waals surface area contributed by atoms with Gasteiger partial charge in [-0.25, -0.2) is 0 Å². The molecule has 19 heavy (non-hydrogen) atoms. The van der Waals surface area contributed by atoms with E-state index in [1.807, 2.05) is 18.2 Å². The topological polar surface area (TPSA) is 53.7 Å². The molecule has 1 aromatic rings. The Balaban J connectivity index is 1.82. The predicted octanol–water partition coefficient (Wildman–Crippen LogP) is 2.27. The zero-order chi connectivity index (χ0) is 13.2. The van der Waals surface area contributed by atoms with Crippen LogP contribution in [0.4, 0.5) is 0 Å². The number of ether oxygens (including phenoxy) is 3. The van der Waals surface area contributed by atoms with Crippen LogP contribution in [0.5, 0.6) is 11.5 Å². The molecule has 1 aliphatic heterocycles. The number of fused-ring (bicyclic) bond motifs is 1. The van der Waals surface area contributed by atoms with Crippen molar-refractivity contribution in [1.29, 1.82) is 0 Å². The minimum atomic E-state index is -0.102. The summed E-state index contributed by atoms with van der Waals surface area (Å²) in [4.78, 5) is 0. The normalized spacial score (nSPS) is 21.6. The lowest BCUT2D eigenvalue weighted by Gasteiger charge is -2.23. The number of hydrogen-bond acceptors (Lipinski definition) is 4. The quantitative estimate of drug-likeness (QED) is 0.905. The van der Waals surface area contributed by atoms with Crippen LogP contribution in [0.2, 0.25) is 0 Å². The number of benzene rings is 1. The molecule has 1 fully saturated rings. The molecular weight excluding hydrogens is 242 g/mol. The summed E-state index contributed by atoms with van der Waals surface area (Å²) < 4.78 is 16.9. The Hall–Kier alpha value is -1.26. The summed E-state index contributed by atoms with van der Waals surface area (Å²) in [6.07, 6.45) is 3.46. The summed E-state index contributed by atoms with van der Waals surface area (Å²) >= 11 is 0. The van der Waals surface area contributed by atoms with Crippen molar-refractivity contribution in [3.05, 3.63) is 23.8 Å². The van der Waals surface area contributed by atoms with Gasteiger partial charge in [-0.3, -0.25) is 0 Å². The standard InChI is InChI=1S/C15H21NO3/c1-17-15(10-3-4-10)14(16)11-5-6-12-13(9-11)19-8-2-7-18-12/h5-6,9-10,14-15H,2-4,7-8,16H2,1H3. The van der Waals surface area contributed by atoms with Crippen LogP contribution >= 0.6 is 0 Å². The minimum Gasteiger partial charge on any atom is -0.490 e. The Bertz CT molecular complexity index is 445. The monoisotopic (exact) mass is 263 g/mol. The molecule has 2 aliphatic rings. The average Bonchev–Trinajstić information content (AvgIpc) is 3.25. The summed E-state index contributed by atoms with van der Waals surface area (Å²) in [6, 6.07) is 5.87. The molecule has 2 atom stereocenters. The molecule has 4 heteroatoms. The molecule has 3 rings (SSSR count). The summed E-state index contributed by atoms with van der Waals surface area (Å²) in [5, 5.41) is 0. The second-order valence-corrected chi connectivity index (χ2v) is 5.32. The number of hydrogen-bond donors (Lipinski definition) is 1. The van der Waals surface area contributed by atoms with Crippen molar-refractivity contribution in [2.24, 2.45) is 11.7 Å². The molecule has 0 radical (unpaired) electrons. The molecule has 0 saturated heterocycles. The van der Waals surface area contributed by atoms with Gasteiger partial charge in [0.1, 0.15) is 0 Å². The van der Waals surface area contributed by atoms with E-state index in [1.54, 1.807) is 7.11 Å². The Labute approximate surface area is 113 Å². The van der Waals surface area contributed by atoms with E-state index in [0.717, 1.165) is 23.5 Å². The van der Waals surface area contributed by atoms with Crippen molar-refractivity contribution in [2.75, 3.05) is 20.3 Å². The van der Waals surface area contributed by atoms with Crippen LogP contribution in [0.15, 0.2) is 18.2 Å². The highest BCUT2D eigenvalue weighted by Gasteiger charge is 2.36. The highest BCUT2D eigenvalue weighted by Crippen LogP contribution is 2.40. The Kier molecular flexibility index (Phi) is 3.62. The molecule has 2 N–H and O–H groups in total. The van der Waals surface area contributed by atoms with Crippen molar-refractivity contribution in [3.63, 3.8) is 0 Å². The molecule has 4 nitrogen and oxygen atoms in total. The molecule has 0 bridgehead atoms. The average molecular weight is 263 g/mol. The van der Waals surface area contributed by atoms with Gasteiger partial charge in [0.2, 0.25) is 0 Å². The highest BCUT2D eigenvalue weighted by atomic mass is 16.5. The summed E-state index contributed by atoms with van der Waals surface area (Å²) in [5.74, 6) is 2.22. The van der Waals surface area contributed by atoms with Crippen molar-refractivity contribution < 1.29 is 14.2 Å². The van der Waals surface area contributed by atoms with Crippen LogP contribution in [0.3, 0.4) is 0 Å². The van der Waals surface area contributed by atoms with Crippen molar-refractivity contribution in [1.82, 2.24) is 0 Å². The second kappa shape index (κ2) is 5.39. The van der Waals surface area contributed by atoms with Crippen LogP contribution in [0, 0.1) is 5.92 Å². The third kappa shape index (κ3) is 2.69. The van der Waals surface area contributed by atoms with Crippen LogP contribution < -0.4 is 15.2 Å². The third-order valence-electron chi connectivity index (χ3n) is 3.87. The Morgan fingerprint density at radius 1 is 1.21 bits per heavy atom. The van der Waals surface area contributed by atoms with E-state index in [4.69, 9.17) is 19.9 Å². The maximum atomic E-state index is 6.34. The van der Waals surface area contributed by atoms with E-state index < -0.39 is 0 Å². The molecule has 2 unspecified atom stereocenters. The molecular formula is C15H21NO3. The zero-order valence-electron chi connectivity index (χ0n) is 11.3. The van der Waals surface area contributed by atoms with E-state index in [2.05, 4.69) is 0 Å². The van der Waals surface area contributed by atoms with Crippen molar-refractivity contribution >= 4 is 0 Å². The van der Waals surface area contributed by atoms with Gasteiger partial charge in [-0.2, -0.15) is 0 Å². The summed E-state index contributed by atoms with van der Waals surface area (Å²) in [7, 11) is 1.74. The number of methoxy groups -OCH3 is 1. The minimum absolute atomic E-state index is 0.102. The van der Waals surface area contributed by atoms with Crippen molar-refractivity contribution in [2.45, 2.75) is 31.4 Å². The first-order valence-corrected chi connectivity index (χ1v) is 6.97. The first kappa shape index (κ1) is 12.8. The molecule has 1 heterocycles. The second-order valence-electron chi connectivity index (χ2n) is 5.32. The summed E-state index contributed by atoms with van der Waals surface area (Å²) in [5.41, 5.74) is 7.40. The lowest BCUT2D eigenvalue weighted by atomic mass is 9.98. The fourth-order valence-corrected chi connectivity index (χ4v) is 2.63. The fraction of sp³-hybridized carbons (Fsp3) is 0.600. The van der Waals surface area contributed by atoms with E-state index in [9.17, 15) is 0 Å². The maximum absolute atomic E-state index is 6.34. The zero-order valence-corrected chi connectivity index (χ0v) is 11.3. The molecule has 1 aliphatic carbocycles. The van der Waals surface area contributed by atoms with Gasteiger partial charge in [-0.15, -0.1) is 0 Å². The Morgan fingerprint density at radius 2 is 1.95 bits per heavy atom. The molecule has 1 saturated carbocycles. The van der Waals surface area contributed by atoms with Gasteiger partial charge in [0.05, 0.1) is 25.4 Å². The van der Waals surface area contributed by atoms with Crippen LogP contribution in [-0.4, -0.2) is 26.4 Å². The van der Waals surface area contributed by atoms with Gasteiger partial charge in [0, 0.05) is 13.5 Å². The van der Waals surface area contributed by atoms with E-state index in [-0.39, 0.29) is 12.1 Å². The smallest absolute Gasteiger partial charge is 0.161 e. The first-order valence-electron chi connectivity index (χ1n) is 6.97. The van der Waals surface area contributed by atoms with E-state index in [1.165, 1.54) is 12.8 Å². The SMILES string of the molecule is COC(C1CC1)C(N)c1ccc2c(c1)OCCCO2. The highest BCUT2D eigenvalue weighted by molar-refractivity contribution is 5.44. The van der Waals surface area contributed by atoms with Gasteiger partial charge in [-0.05, 0) is 36.5 Å². The first-order chi connectivity index (χ1) is 9.29. The number of nitrogens with two attached hydrogens (primary N) is 1. The molecule has 0 spiro atoms. The largest absolute Gasteiger partial charge is 0.490 e. The van der Waals surface area contributed by atoms with Gasteiger partial charge >= 0.3 is 0 Å². The molecule has 0 amide bonds. The molecule has 0 aromatic heterocycles. The Morgan fingerprint density at radius 3 is 2.63 bits per heavy atom. The van der Waals surface area contributed by atoms with Crippen LogP contribution in [0.1, 0.15) is 30.9 Å². The molecule has 1 aromatic carbocycles. The van der Waals surface area contributed by atoms with Gasteiger partial charge in [0.15, 0.2) is 11.5 Å². The molecule has 104 valence electrons.